The highest BCUT2D eigenvalue weighted by molar-refractivity contribution is 6.04. The van der Waals surface area contributed by atoms with Gasteiger partial charge in [0.05, 0.1) is 12.1 Å². The first-order valence-electron chi connectivity index (χ1n) is 12.2. The molecule has 1 saturated carbocycles. The first-order valence-corrected chi connectivity index (χ1v) is 12.2. The van der Waals surface area contributed by atoms with Crippen molar-refractivity contribution in [1.82, 2.24) is 24.3 Å². The number of alkyl halides is 3. The summed E-state index contributed by atoms with van der Waals surface area (Å²) in [5, 5.41) is 3.14. The molecule has 3 aromatic heterocycles. The minimum atomic E-state index is -4.62. The Balaban J connectivity index is 1.35. The first-order chi connectivity index (χ1) is 18.3. The number of benzene rings is 1. The van der Waals surface area contributed by atoms with E-state index in [1.54, 1.807) is 15.4 Å². The van der Waals surface area contributed by atoms with Crippen LogP contribution in [0.25, 0.3) is 16.6 Å². The van der Waals surface area contributed by atoms with E-state index >= 15 is 0 Å². The van der Waals surface area contributed by atoms with Crippen LogP contribution in [0.4, 0.5) is 23.5 Å². The summed E-state index contributed by atoms with van der Waals surface area (Å²) < 4.78 is 62.2. The van der Waals surface area contributed by atoms with Gasteiger partial charge in [-0.15, -0.1) is 0 Å². The fourth-order valence-electron chi connectivity index (χ4n) is 5.27. The standard InChI is InChI=1S/C26H20F4N6O2/c27-19-3-4-20-15(5-6-38-20)17(19)9-32-25-33-10-18-16-8-31-21(26(28,29)30)7-13(16)11-35(14-1-2-14)24(37)22-23(18)36(25)12-34-22/h3-4,7-8,10,12,14H,1-2,5-6,9,11H2,(H,32,33). The van der Waals surface area contributed by atoms with Crippen LogP contribution in [0.15, 0.2) is 36.9 Å². The van der Waals surface area contributed by atoms with Gasteiger partial charge in [-0.2, -0.15) is 13.2 Å². The number of ether oxygens (including phenoxy) is 1. The fraction of sp³-hybridized carbons (Fsp3) is 0.308. The summed E-state index contributed by atoms with van der Waals surface area (Å²) in [4.78, 5) is 27.7. The Bertz CT molecular complexity index is 1630. The largest absolute Gasteiger partial charge is 0.493 e. The number of aromatic nitrogens is 4. The highest BCUT2D eigenvalue weighted by atomic mass is 19.4. The Morgan fingerprint density at radius 1 is 1.11 bits per heavy atom. The van der Waals surface area contributed by atoms with Crippen LogP contribution in [0, 0.1) is 5.82 Å². The zero-order valence-corrected chi connectivity index (χ0v) is 19.8. The topological polar surface area (TPSA) is 84.7 Å². The predicted octanol–water partition coefficient (Wildman–Crippen LogP) is 4.61. The van der Waals surface area contributed by atoms with Gasteiger partial charge < -0.3 is 15.0 Å². The van der Waals surface area contributed by atoms with Crippen molar-refractivity contribution < 1.29 is 27.1 Å². The van der Waals surface area contributed by atoms with Crippen molar-refractivity contribution in [2.75, 3.05) is 11.9 Å². The average Bonchev–Trinajstić information content (AvgIpc) is 3.44. The van der Waals surface area contributed by atoms with Crippen LogP contribution < -0.4 is 10.1 Å². The highest BCUT2D eigenvalue weighted by Crippen LogP contribution is 2.40. The smallest absolute Gasteiger partial charge is 0.433 e. The van der Waals surface area contributed by atoms with Crippen molar-refractivity contribution in [1.29, 1.82) is 0 Å². The molecular formula is C26H20F4N6O2. The van der Waals surface area contributed by atoms with E-state index in [1.807, 2.05) is 0 Å². The van der Waals surface area contributed by atoms with Crippen molar-refractivity contribution in [3.8, 4) is 16.9 Å². The lowest BCUT2D eigenvalue weighted by atomic mass is 9.98. The Kier molecular flexibility index (Phi) is 4.91. The van der Waals surface area contributed by atoms with Gasteiger partial charge in [-0.1, -0.05) is 0 Å². The van der Waals surface area contributed by atoms with Crippen LogP contribution >= 0.6 is 0 Å². The molecule has 5 heterocycles. The van der Waals surface area contributed by atoms with Crippen molar-refractivity contribution in [3.63, 3.8) is 0 Å². The van der Waals surface area contributed by atoms with E-state index in [2.05, 4.69) is 20.3 Å². The molecule has 0 bridgehead atoms. The van der Waals surface area contributed by atoms with Crippen LogP contribution in [0.2, 0.25) is 0 Å². The third kappa shape index (κ3) is 3.57. The number of halogens is 4. The molecule has 3 aliphatic rings. The van der Waals surface area contributed by atoms with E-state index in [0.717, 1.165) is 24.5 Å². The normalized spacial score (nSPS) is 16.6. The van der Waals surface area contributed by atoms with Gasteiger partial charge in [-0.25, -0.2) is 14.4 Å². The van der Waals surface area contributed by atoms with E-state index in [1.165, 1.54) is 24.8 Å². The molecule has 1 fully saturated rings. The van der Waals surface area contributed by atoms with Gasteiger partial charge in [0.1, 0.15) is 23.6 Å². The van der Waals surface area contributed by atoms with E-state index in [9.17, 15) is 22.4 Å². The number of hydrogen-bond donors (Lipinski definition) is 1. The molecule has 1 aromatic carbocycles. The number of fused-ring (bicyclic) bond motifs is 3. The van der Waals surface area contributed by atoms with Crippen LogP contribution in [0.3, 0.4) is 0 Å². The van der Waals surface area contributed by atoms with Crippen LogP contribution in [-0.4, -0.2) is 42.8 Å². The zero-order chi connectivity index (χ0) is 26.2. The molecule has 12 heteroatoms. The molecule has 1 N–H and O–H groups in total. The summed E-state index contributed by atoms with van der Waals surface area (Å²) in [5.74, 6) is 0.238. The lowest BCUT2D eigenvalue weighted by Gasteiger charge is -2.26. The number of anilines is 1. The molecule has 8 nitrogen and oxygen atoms in total. The lowest BCUT2D eigenvalue weighted by molar-refractivity contribution is -0.141. The Morgan fingerprint density at radius 2 is 1.92 bits per heavy atom. The maximum atomic E-state index is 14.7. The summed E-state index contributed by atoms with van der Waals surface area (Å²) in [6.45, 7) is 0.614. The monoisotopic (exact) mass is 524 g/mol. The van der Waals surface area contributed by atoms with Crippen molar-refractivity contribution in [2.45, 2.75) is 44.6 Å². The number of amides is 1. The van der Waals surface area contributed by atoms with Crippen molar-refractivity contribution in [3.05, 3.63) is 70.8 Å². The summed E-state index contributed by atoms with van der Waals surface area (Å²) in [5.41, 5.74) is 2.07. The number of rotatable bonds is 4. The van der Waals surface area contributed by atoms with Crippen LogP contribution in [0.1, 0.15) is 45.7 Å². The molecule has 38 heavy (non-hydrogen) atoms. The highest BCUT2D eigenvalue weighted by Gasteiger charge is 2.39. The molecule has 0 saturated heterocycles. The number of carbonyl (C=O) groups is 1. The van der Waals surface area contributed by atoms with Crippen molar-refractivity contribution >= 4 is 17.4 Å². The van der Waals surface area contributed by atoms with Gasteiger partial charge >= 0.3 is 6.18 Å². The molecule has 4 aromatic rings. The lowest BCUT2D eigenvalue weighted by Crippen LogP contribution is -2.34. The number of carbonyl (C=O) groups excluding carboxylic acids is 1. The first kappa shape index (κ1) is 22.9. The molecule has 2 aliphatic heterocycles. The Hall–Kier alpha value is -4.22. The number of nitrogens with zero attached hydrogens (tertiary/aromatic N) is 5. The maximum absolute atomic E-state index is 14.7. The van der Waals surface area contributed by atoms with Gasteiger partial charge in [0.15, 0.2) is 5.69 Å². The Morgan fingerprint density at radius 3 is 2.71 bits per heavy atom. The van der Waals surface area contributed by atoms with Crippen LogP contribution in [0.5, 0.6) is 5.75 Å². The van der Waals surface area contributed by atoms with E-state index in [-0.39, 0.29) is 36.5 Å². The number of hydrogen-bond acceptors (Lipinski definition) is 6. The van der Waals surface area contributed by atoms with Crippen LogP contribution in [-0.2, 0) is 25.7 Å². The second-order valence-corrected chi connectivity index (χ2v) is 9.65. The molecular weight excluding hydrogens is 504 g/mol. The number of imidazole rings is 1. The minimum Gasteiger partial charge on any atom is -0.493 e. The SMILES string of the molecule is O=C1c2ncn3c(NCc4c(F)ccc5c4CCO5)ncc(c23)-c2cnc(C(F)(F)F)cc2CN1C1CC1. The van der Waals surface area contributed by atoms with Gasteiger partial charge in [0, 0.05) is 60.2 Å². The second kappa shape index (κ2) is 8.14. The molecule has 1 amide bonds. The quantitative estimate of drug-likeness (QED) is 0.393. The molecule has 0 spiro atoms. The number of nitrogens with one attached hydrogen (secondary N) is 1. The average molecular weight is 524 g/mol. The molecule has 7 rings (SSSR count). The summed E-state index contributed by atoms with van der Waals surface area (Å²) in [6.07, 6.45) is 1.66. The van der Waals surface area contributed by atoms with Gasteiger partial charge in [0.2, 0.25) is 5.95 Å². The predicted molar refractivity (Wildman–Crippen MR) is 127 cm³/mol. The third-order valence-electron chi connectivity index (χ3n) is 7.29. The molecule has 0 atom stereocenters. The van der Waals surface area contributed by atoms with Gasteiger partial charge in [-0.3, -0.25) is 14.2 Å². The van der Waals surface area contributed by atoms with Crippen molar-refractivity contribution in [2.24, 2.45) is 0 Å². The third-order valence-corrected chi connectivity index (χ3v) is 7.29. The molecule has 194 valence electrons. The van der Waals surface area contributed by atoms with Gasteiger partial charge in [0.25, 0.3) is 5.91 Å². The Labute approximate surface area is 213 Å². The fourth-order valence-corrected chi connectivity index (χ4v) is 5.27. The van der Waals surface area contributed by atoms with Gasteiger partial charge in [-0.05, 0) is 36.6 Å². The second-order valence-electron chi connectivity index (χ2n) is 9.65. The number of pyridine rings is 1. The zero-order valence-electron chi connectivity index (χ0n) is 19.8. The summed E-state index contributed by atoms with van der Waals surface area (Å²) >= 11 is 0. The van der Waals surface area contributed by atoms with E-state index in [0.29, 0.717) is 52.5 Å². The summed E-state index contributed by atoms with van der Waals surface area (Å²) in [7, 11) is 0. The molecule has 1 aliphatic carbocycles. The molecule has 0 unspecified atom stereocenters. The minimum absolute atomic E-state index is 0.0172. The summed E-state index contributed by atoms with van der Waals surface area (Å²) in [6, 6.07) is 3.92. The molecule has 0 radical (unpaired) electrons. The van der Waals surface area contributed by atoms with E-state index in [4.69, 9.17) is 4.74 Å². The maximum Gasteiger partial charge on any atom is 0.433 e. The van der Waals surface area contributed by atoms with E-state index < -0.39 is 11.9 Å².